The second-order valence-corrected chi connectivity index (χ2v) is 6.00. The second-order valence-electron chi connectivity index (χ2n) is 6.00. The minimum absolute atomic E-state index is 0.188. The number of ether oxygens (including phenoxy) is 2. The number of aliphatic hydroxyl groups is 1. The summed E-state index contributed by atoms with van der Waals surface area (Å²) in [4.78, 5) is 6.43. The molecule has 0 saturated carbocycles. The zero-order chi connectivity index (χ0) is 17.6. The smallest absolute Gasteiger partial charge is 0.180 e. The van der Waals surface area contributed by atoms with Crippen LogP contribution in [0.25, 0.3) is 0 Å². The van der Waals surface area contributed by atoms with Crippen molar-refractivity contribution in [1.29, 1.82) is 5.26 Å². The number of nitriles is 1. The predicted molar refractivity (Wildman–Crippen MR) is 88.9 cm³/mol. The standard InChI is InChI=1S/C17H21N5O3/c1-12-19-17(21-20-12)16-10-22(6-7-24-16)9-14(23)11-25-15-4-2-13(8-18)3-5-15/h2-5,14,16,23H,6-7,9-11H2,1H3,(H,19,20,21). The van der Waals surface area contributed by atoms with Gasteiger partial charge in [-0.1, -0.05) is 0 Å². The predicted octanol–water partition coefficient (Wildman–Crippen LogP) is 0.798. The monoisotopic (exact) mass is 343 g/mol. The molecular weight excluding hydrogens is 322 g/mol. The molecule has 1 aromatic heterocycles. The van der Waals surface area contributed by atoms with E-state index in [-0.39, 0.29) is 12.7 Å². The van der Waals surface area contributed by atoms with Gasteiger partial charge in [-0.15, -0.1) is 0 Å². The molecule has 1 aliphatic heterocycles. The van der Waals surface area contributed by atoms with Crippen molar-refractivity contribution >= 4 is 0 Å². The van der Waals surface area contributed by atoms with Crippen LogP contribution in [0.1, 0.15) is 23.3 Å². The van der Waals surface area contributed by atoms with Gasteiger partial charge in [0.2, 0.25) is 0 Å². The number of aromatic amines is 1. The number of hydrogen-bond acceptors (Lipinski definition) is 7. The fourth-order valence-electron chi connectivity index (χ4n) is 2.70. The molecule has 0 amide bonds. The Morgan fingerprint density at radius 1 is 1.48 bits per heavy atom. The van der Waals surface area contributed by atoms with E-state index in [1.54, 1.807) is 24.3 Å². The van der Waals surface area contributed by atoms with Crippen LogP contribution in [-0.2, 0) is 4.74 Å². The molecule has 1 saturated heterocycles. The van der Waals surface area contributed by atoms with Gasteiger partial charge in [-0.25, -0.2) is 4.98 Å². The molecule has 2 unspecified atom stereocenters. The lowest BCUT2D eigenvalue weighted by atomic mass is 10.2. The first-order chi connectivity index (χ1) is 12.1. The molecule has 2 heterocycles. The van der Waals surface area contributed by atoms with Crippen molar-refractivity contribution in [3.63, 3.8) is 0 Å². The zero-order valence-electron chi connectivity index (χ0n) is 14.1. The summed E-state index contributed by atoms with van der Waals surface area (Å²) >= 11 is 0. The lowest BCUT2D eigenvalue weighted by Crippen LogP contribution is -2.43. The number of aliphatic hydroxyl groups excluding tert-OH is 1. The Morgan fingerprint density at radius 3 is 2.96 bits per heavy atom. The third kappa shape index (κ3) is 4.76. The Kier molecular flexibility index (Phi) is 5.60. The van der Waals surface area contributed by atoms with Gasteiger partial charge in [0, 0.05) is 19.6 Å². The number of nitrogens with one attached hydrogen (secondary N) is 1. The molecule has 2 atom stereocenters. The molecule has 0 aliphatic carbocycles. The summed E-state index contributed by atoms with van der Waals surface area (Å²) in [5.74, 6) is 2.03. The number of rotatable bonds is 6. The van der Waals surface area contributed by atoms with E-state index in [1.807, 2.05) is 6.92 Å². The number of benzene rings is 1. The summed E-state index contributed by atoms with van der Waals surface area (Å²) in [6.45, 7) is 4.47. The van der Waals surface area contributed by atoms with Crippen molar-refractivity contribution < 1.29 is 14.6 Å². The number of morpholine rings is 1. The fraction of sp³-hybridized carbons (Fsp3) is 0.471. The Labute approximate surface area is 146 Å². The first-order valence-corrected chi connectivity index (χ1v) is 8.18. The van der Waals surface area contributed by atoms with Gasteiger partial charge in [0.15, 0.2) is 5.82 Å². The summed E-state index contributed by atoms with van der Waals surface area (Å²) in [7, 11) is 0. The van der Waals surface area contributed by atoms with Crippen LogP contribution in [0.2, 0.25) is 0 Å². The van der Waals surface area contributed by atoms with E-state index < -0.39 is 6.10 Å². The maximum Gasteiger partial charge on any atom is 0.180 e. The van der Waals surface area contributed by atoms with Crippen LogP contribution < -0.4 is 4.74 Å². The molecule has 3 rings (SSSR count). The average molecular weight is 343 g/mol. The van der Waals surface area contributed by atoms with Crippen LogP contribution in [0.15, 0.2) is 24.3 Å². The van der Waals surface area contributed by atoms with Gasteiger partial charge in [-0.2, -0.15) is 10.4 Å². The molecule has 25 heavy (non-hydrogen) atoms. The molecular formula is C17H21N5O3. The first kappa shape index (κ1) is 17.4. The van der Waals surface area contributed by atoms with E-state index in [1.165, 1.54) is 0 Å². The number of H-pyrrole nitrogens is 1. The molecule has 132 valence electrons. The highest BCUT2D eigenvalue weighted by molar-refractivity contribution is 5.34. The van der Waals surface area contributed by atoms with E-state index in [0.29, 0.717) is 36.8 Å². The summed E-state index contributed by atoms with van der Waals surface area (Å²) in [5.41, 5.74) is 0.578. The Hall–Kier alpha value is -2.47. The molecule has 1 fully saturated rings. The quantitative estimate of drug-likeness (QED) is 0.799. The molecule has 2 N–H and O–H groups in total. The molecule has 0 radical (unpaired) electrons. The van der Waals surface area contributed by atoms with Gasteiger partial charge in [0.25, 0.3) is 0 Å². The highest BCUT2D eigenvalue weighted by Gasteiger charge is 2.26. The normalized spacial score (nSPS) is 19.3. The minimum Gasteiger partial charge on any atom is -0.491 e. The molecule has 1 aliphatic rings. The van der Waals surface area contributed by atoms with E-state index in [2.05, 4.69) is 26.2 Å². The second kappa shape index (κ2) is 8.07. The summed E-state index contributed by atoms with van der Waals surface area (Å²) < 4.78 is 11.3. The average Bonchev–Trinajstić information content (AvgIpc) is 3.07. The number of aromatic nitrogens is 3. The van der Waals surface area contributed by atoms with Crippen LogP contribution in [-0.4, -0.2) is 64.1 Å². The van der Waals surface area contributed by atoms with E-state index in [0.717, 1.165) is 12.4 Å². The number of nitrogens with zero attached hydrogens (tertiary/aromatic N) is 4. The maximum absolute atomic E-state index is 10.2. The summed E-state index contributed by atoms with van der Waals surface area (Å²) in [5, 5.41) is 26.0. The Balaban J connectivity index is 1.47. The highest BCUT2D eigenvalue weighted by Crippen LogP contribution is 2.19. The molecule has 8 heteroatoms. The van der Waals surface area contributed by atoms with Gasteiger partial charge >= 0.3 is 0 Å². The Morgan fingerprint density at radius 2 is 2.28 bits per heavy atom. The molecule has 2 aromatic rings. The van der Waals surface area contributed by atoms with Crippen molar-refractivity contribution in [2.75, 3.05) is 32.8 Å². The minimum atomic E-state index is -0.622. The molecule has 0 spiro atoms. The van der Waals surface area contributed by atoms with Crippen molar-refractivity contribution in [3.05, 3.63) is 41.5 Å². The van der Waals surface area contributed by atoms with Gasteiger partial charge in [-0.3, -0.25) is 10.00 Å². The molecule has 1 aromatic carbocycles. The number of hydrogen-bond donors (Lipinski definition) is 2. The van der Waals surface area contributed by atoms with Gasteiger partial charge < -0.3 is 14.6 Å². The lowest BCUT2D eigenvalue weighted by molar-refractivity contribution is -0.0493. The highest BCUT2D eigenvalue weighted by atomic mass is 16.5. The first-order valence-electron chi connectivity index (χ1n) is 8.18. The van der Waals surface area contributed by atoms with Crippen LogP contribution in [0, 0.1) is 18.3 Å². The van der Waals surface area contributed by atoms with Crippen molar-refractivity contribution in [1.82, 2.24) is 20.1 Å². The third-order valence-corrected chi connectivity index (χ3v) is 3.95. The zero-order valence-corrected chi connectivity index (χ0v) is 14.1. The van der Waals surface area contributed by atoms with Crippen LogP contribution >= 0.6 is 0 Å². The van der Waals surface area contributed by atoms with Crippen molar-refractivity contribution in [2.45, 2.75) is 19.1 Å². The fourth-order valence-corrected chi connectivity index (χ4v) is 2.70. The topological polar surface area (TPSA) is 107 Å². The molecule has 8 nitrogen and oxygen atoms in total. The SMILES string of the molecule is Cc1nc(C2CN(CC(O)COc3ccc(C#N)cc3)CCO2)n[nH]1. The van der Waals surface area contributed by atoms with E-state index in [4.69, 9.17) is 14.7 Å². The van der Waals surface area contributed by atoms with Crippen LogP contribution in [0.5, 0.6) is 5.75 Å². The van der Waals surface area contributed by atoms with Crippen molar-refractivity contribution in [3.8, 4) is 11.8 Å². The summed E-state index contributed by atoms with van der Waals surface area (Å²) in [6, 6.07) is 8.88. The summed E-state index contributed by atoms with van der Waals surface area (Å²) in [6.07, 6.45) is -0.811. The van der Waals surface area contributed by atoms with Gasteiger partial charge in [0.05, 0.1) is 18.2 Å². The number of β-amino-alcohol motifs (C(OH)–C–C–N with tert-alkyl or cyclic N) is 1. The Bertz CT molecular complexity index is 725. The maximum atomic E-state index is 10.2. The van der Waals surface area contributed by atoms with Crippen LogP contribution in [0.4, 0.5) is 0 Å². The van der Waals surface area contributed by atoms with Crippen LogP contribution in [0.3, 0.4) is 0 Å². The van der Waals surface area contributed by atoms with E-state index in [9.17, 15) is 5.11 Å². The third-order valence-electron chi connectivity index (χ3n) is 3.95. The lowest BCUT2D eigenvalue weighted by Gasteiger charge is -2.32. The van der Waals surface area contributed by atoms with Crippen molar-refractivity contribution in [2.24, 2.45) is 0 Å². The largest absolute Gasteiger partial charge is 0.491 e. The molecule has 0 bridgehead atoms. The number of aryl methyl sites for hydroxylation is 1. The van der Waals surface area contributed by atoms with Gasteiger partial charge in [-0.05, 0) is 31.2 Å². The van der Waals surface area contributed by atoms with Gasteiger partial charge in [0.1, 0.15) is 30.4 Å². The van der Waals surface area contributed by atoms with E-state index >= 15 is 0 Å².